The molecule has 0 aromatic rings. The molecule has 0 aromatic heterocycles. The fourth-order valence-corrected chi connectivity index (χ4v) is 2.90. The van der Waals surface area contributed by atoms with E-state index in [1.54, 1.807) is 0 Å². The minimum absolute atomic E-state index is 0.00590. The molecular formula is C13H23N3O2. The van der Waals surface area contributed by atoms with E-state index >= 15 is 0 Å². The van der Waals surface area contributed by atoms with Crippen molar-refractivity contribution >= 4 is 11.8 Å². The average molecular weight is 253 g/mol. The highest BCUT2D eigenvalue weighted by Gasteiger charge is 2.29. The number of likely N-dealkylation sites (tertiary alicyclic amines) is 1. The Labute approximate surface area is 108 Å². The molecule has 0 saturated carbocycles. The van der Waals surface area contributed by atoms with E-state index in [-0.39, 0.29) is 23.8 Å². The second-order valence-corrected chi connectivity index (χ2v) is 5.37. The van der Waals surface area contributed by atoms with Crippen LogP contribution in [0.25, 0.3) is 0 Å². The van der Waals surface area contributed by atoms with Gasteiger partial charge in [-0.1, -0.05) is 0 Å². The first kappa shape index (κ1) is 13.3. The molecule has 2 aliphatic heterocycles. The molecule has 2 rings (SSSR count). The second kappa shape index (κ2) is 6.18. The lowest BCUT2D eigenvalue weighted by Crippen LogP contribution is -2.52. The second-order valence-electron chi connectivity index (χ2n) is 5.37. The predicted octanol–water partition coefficient (Wildman–Crippen LogP) is 0.113. The van der Waals surface area contributed by atoms with Crippen molar-refractivity contribution in [3.05, 3.63) is 0 Å². The predicted molar refractivity (Wildman–Crippen MR) is 69.0 cm³/mol. The van der Waals surface area contributed by atoms with Crippen molar-refractivity contribution in [3.63, 3.8) is 0 Å². The molecule has 5 nitrogen and oxygen atoms in total. The Bertz CT molecular complexity index is 313. The summed E-state index contributed by atoms with van der Waals surface area (Å²) in [4.78, 5) is 25.4. The highest BCUT2D eigenvalue weighted by Crippen LogP contribution is 2.17. The molecular weight excluding hydrogens is 230 g/mol. The van der Waals surface area contributed by atoms with Gasteiger partial charge in [0.05, 0.1) is 5.92 Å². The summed E-state index contributed by atoms with van der Waals surface area (Å²) in [5.41, 5.74) is 0. The molecule has 2 heterocycles. The highest BCUT2D eigenvalue weighted by molar-refractivity contribution is 5.79. The summed E-state index contributed by atoms with van der Waals surface area (Å²) in [6.45, 7) is 4.88. The van der Waals surface area contributed by atoms with E-state index in [1.807, 2.05) is 4.90 Å². The van der Waals surface area contributed by atoms with Crippen LogP contribution in [0.5, 0.6) is 0 Å². The first-order valence-corrected chi connectivity index (χ1v) is 6.93. The molecule has 2 atom stereocenters. The summed E-state index contributed by atoms with van der Waals surface area (Å²) in [6, 6.07) is 0.136. The van der Waals surface area contributed by atoms with Gasteiger partial charge in [0.2, 0.25) is 11.8 Å². The first-order valence-electron chi connectivity index (χ1n) is 6.93. The topological polar surface area (TPSA) is 61.4 Å². The highest BCUT2D eigenvalue weighted by atomic mass is 16.2. The standard InChI is InChI=1S/C13H23N3O2/c1-10(17)15-12-5-3-7-16(9-12)13(18)11-4-2-6-14-8-11/h11-12,14H,2-9H2,1H3,(H,15,17)/t11-,12-/m0/s1. The van der Waals surface area contributed by atoms with E-state index in [4.69, 9.17) is 0 Å². The molecule has 18 heavy (non-hydrogen) atoms. The Hall–Kier alpha value is -1.10. The lowest BCUT2D eigenvalue weighted by atomic mass is 9.96. The largest absolute Gasteiger partial charge is 0.352 e. The van der Waals surface area contributed by atoms with Gasteiger partial charge in [-0.3, -0.25) is 9.59 Å². The van der Waals surface area contributed by atoms with Crippen molar-refractivity contribution in [1.29, 1.82) is 0 Å². The zero-order valence-corrected chi connectivity index (χ0v) is 11.1. The third-order valence-corrected chi connectivity index (χ3v) is 3.79. The van der Waals surface area contributed by atoms with E-state index < -0.39 is 0 Å². The molecule has 0 radical (unpaired) electrons. The fourth-order valence-electron chi connectivity index (χ4n) is 2.90. The van der Waals surface area contributed by atoms with Crippen LogP contribution in [0.4, 0.5) is 0 Å². The Morgan fingerprint density at radius 3 is 2.78 bits per heavy atom. The Morgan fingerprint density at radius 2 is 2.11 bits per heavy atom. The van der Waals surface area contributed by atoms with Crippen LogP contribution in [-0.4, -0.2) is 48.9 Å². The summed E-state index contributed by atoms with van der Waals surface area (Å²) in [6.07, 6.45) is 4.04. The maximum Gasteiger partial charge on any atom is 0.227 e. The van der Waals surface area contributed by atoms with Crippen LogP contribution >= 0.6 is 0 Å². The lowest BCUT2D eigenvalue weighted by molar-refractivity contribution is -0.138. The quantitative estimate of drug-likeness (QED) is 0.734. The molecule has 0 bridgehead atoms. The number of piperidine rings is 2. The van der Waals surface area contributed by atoms with Gasteiger partial charge in [0.25, 0.3) is 0 Å². The molecule has 0 aromatic carbocycles. The maximum atomic E-state index is 12.4. The fraction of sp³-hybridized carbons (Fsp3) is 0.846. The monoisotopic (exact) mass is 253 g/mol. The van der Waals surface area contributed by atoms with Crippen LogP contribution < -0.4 is 10.6 Å². The smallest absolute Gasteiger partial charge is 0.227 e. The zero-order chi connectivity index (χ0) is 13.0. The Morgan fingerprint density at radius 1 is 1.28 bits per heavy atom. The summed E-state index contributed by atoms with van der Waals surface area (Å²) >= 11 is 0. The molecule has 0 unspecified atom stereocenters. The van der Waals surface area contributed by atoms with Crippen LogP contribution in [-0.2, 0) is 9.59 Å². The number of hydrogen-bond donors (Lipinski definition) is 2. The summed E-state index contributed by atoms with van der Waals surface area (Å²) in [5, 5.41) is 6.20. The van der Waals surface area contributed by atoms with Crippen molar-refractivity contribution in [1.82, 2.24) is 15.5 Å². The maximum absolute atomic E-state index is 12.4. The van der Waals surface area contributed by atoms with Gasteiger partial charge < -0.3 is 15.5 Å². The minimum atomic E-state index is -0.00590. The van der Waals surface area contributed by atoms with E-state index in [9.17, 15) is 9.59 Å². The summed E-state index contributed by atoms with van der Waals surface area (Å²) in [7, 11) is 0. The lowest BCUT2D eigenvalue weighted by Gasteiger charge is -2.36. The van der Waals surface area contributed by atoms with Gasteiger partial charge in [0, 0.05) is 32.6 Å². The Kier molecular flexibility index (Phi) is 4.58. The summed E-state index contributed by atoms with van der Waals surface area (Å²) in [5.74, 6) is 0.390. The normalized spacial score (nSPS) is 28.8. The number of rotatable bonds is 2. The van der Waals surface area contributed by atoms with Crippen LogP contribution in [0.1, 0.15) is 32.6 Å². The van der Waals surface area contributed by atoms with Gasteiger partial charge in [0.15, 0.2) is 0 Å². The first-order chi connectivity index (χ1) is 8.66. The van der Waals surface area contributed by atoms with Gasteiger partial charge in [-0.2, -0.15) is 0 Å². The van der Waals surface area contributed by atoms with Crippen molar-refractivity contribution in [2.24, 2.45) is 5.92 Å². The van der Waals surface area contributed by atoms with Gasteiger partial charge >= 0.3 is 0 Å². The number of nitrogens with zero attached hydrogens (tertiary/aromatic N) is 1. The molecule has 0 aliphatic carbocycles. The summed E-state index contributed by atoms with van der Waals surface area (Å²) < 4.78 is 0. The number of nitrogens with one attached hydrogen (secondary N) is 2. The van der Waals surface area contributed by atoms with Gasteiger partial charge in [0.1, 0.15) is 0 Å². The number of carbonyl (C=O) groups is 2. The molecule has 2 fully saturated rings. The molecule has 102 valence electrons. The Balaban J connectivity index is 1.87. The van der Waals surface area contributed by atoms with E-state index in [1.165, 1.54) is 6.92 Å². The minimum Gasteiger partial charge on any atom is -0.352 e. The molecule has 2 saturated heterocycles. The van der Waals surface area contributed by atoms with E-state index in [0.29, 0.717) is 6.54 Å². The SMILES string of the molecule is CC(=O)N[C@H]1CCCN(C(=O)[C@H]2CCCNC2)C1. The van der Waals surface area contributed by atoms with Crippen molar-refractivity contribution in [2.45, 2.75) is 38.6 Å². The third kappa shape index (κ3) is 3.45. The average Bonchev–Trinajstić information content (AvgIpc) is 2.38. The van der Waals surface area contributed by atoms with Crippen LogP contribution in [0.3, 0.4) is 0 Å². The van der Waals surface area contributed by atoms with Crippen molar-refractivity contribution < 1.29 is 9.59 Å². The van der Waals surface area contributed by atoms with Gasteiger partial charge in [-0.05, 0) is 32.2 Å². The molecule has 2 N–H and O–H groups in total. The molecule has 2 amide bonds. The molecule has 5 heteroatoms. The van der Waals surface area contributed by atoms with Crippen LogP contribution in [0.15, 0.2) is 0 Å². The van der Waals surface area contributed by atoms with E-state index in [2.05, 4.69) is 10.6 Å². The molecule has 0 spiro atoms. The molecule has 2 aliphatic rings. The van der Waals surface area contributed by atoms with Gasteiger partial charge in [-0.15, -0.1) is 0 Å². The zero-order valence-electron chi connectivity index (χ0n) is 11.1. The van der Waals surface area contributed by atoms with Crippen molar-refractivity contribution in [2.75, 3.05) is 26.2 Å². The van der Waals surface area contributed by atoms with Crippen LogP contribution in [0, 0.1) is 5.92 Å². The van der Waals surface area contributed by atoms with Gasteiger partial charge in [-0.25, -0.2) is 0 Å². The van der Waals surface area contributed by atoms with E-state index in [0.717, 1.165) is 45.3 Å². The van der Waals surface area contributed by atoms with Crippen molar-refractivity contribution in [3.8, 4) is 0 Å². The number of hydrogen-bond acceptors (Lipinski definition) is 3. The number of carbonyl (C=O) groups excluding carboxylic acids is 2. The third-order valence-electron chi connectivity index (χ3n) is 3.79. The van der Waals surface area contributed by atoms with Crippen LogP contribution in [0.2, 0.25) is 0 Å². The number of amides is 2.